The minimum absolute atomic E-state index is 0.125. The first-order valence-corrected chi connectivity index (χ1v) is 5.23. The van der Waals surface area contributed by atoms with E-state index in [0.717, 1.165) is 0 Å². The predicted molar refractivity (Wildman–Crippen MR) is 56.6 cm³/mol. The van der Waals surface area contributed by atoms with Crippen LogP contribution in [0.2, 0.25) is 5.02 Å². The molecule has 1 N–H and O–H groups in total. The number of aliphatic hydroxyl groups excluding tert-OH is 1. The van der Waals surface area contributed by atoms with Crippen molar-refractivity contribution in [3.8, 4) is 0 Å². The lowest BCUT2D eigenvalue weighted by Gasteiger charge is -2.15. The van der Waals surface area contributed by atoms with Crippen molar-refractivity contribution < 1.29 is 18.3 Å². The van der Waals surface area contributed by atoms with Gasteiger partial charge in [-0.3, -0.25) is 0 Å². The fraction of sp³-hybridized carbons (Fsp3) is 0.455. The van der Waals surface area contributed by atoms with E-state index in [2.05, 4.69) is 0 Å². The number of halogens is 4. The molecule has 0 saturated carbocycles. The Kier molecular flexibility index (Phi) is 4.62. The molecule has 0 aliphatic carbocycles. The van der Waals surface area contributed by atoms with Gasteiger partial charge in [0.05, 0.1) is 0 Å². The molecule has 0 aliphatic rings. The molecule has 0 aliphatic heterocycles. The molecule has 1 aromatic carbocycles. The Morgan fingerprint density at radius 1 is 1.31 bits per heavy atom. The average molecular weight is 253 g/mol. The van der Waals surface area contributed by atoms with E-state index < -0.39 is 18.5 Å². The Hall–Kier alpha value is -0.740. The molecule has 0 bridgehead atoms. The zero-order valence-electron chi connectivity index (χ0n) is 8.47. The Morgan fingerprint density at radius 3 is 2.50 bits per heavy atom. The summed E-state index contributed by atoms with van der Waals surface area (Å²) in [5.74, 6) is -0.514. The van der Waals surface area contributed by atoms with E-state index in [1.807, 2.05) is 0 Å². The lowest BCUT2D eigenvalue weighted by molar-refractivity contribution is -0.136. The van der Waals surface area contributed by atoms with Crippen molar-refractivity contribution >= 4 is 11.6 Å². The number of benzene rings is 1. The Labute approximate surface area is 96.9 Å². The first kappa shape index (κ1) is 13.3. The summed E-state index contributed by atoms with van der Waals surface area (Å²) in [7, 11) is 0. The maximum Gasteiger partial charge on any atom is 0.389 e. The summed E-state index contributed by atoms with van der Waals surface area (Å²) in [6.45, 7) is -0.309. The van der Waals surface area contributed by atoms with Crippen molar-refractivity contribution in [2.24, 2.45) is 0 Å². The van der Waals surface area contributed by atoms with Gasteiger partial charge in [-0.25, -0.2) is 0 Å². The van der Waals surface area contributed by atoms with Gasteiger partial charge >= 0.3 is 6.18 Å². The van der Waals surface area contributed by atoms with Crippen molar-refractivity contribution in [2.75, 3.05) is 6.61 Å². The summed E-state index contributed by atoms with van der Waals surface area (Å²) in [6, 6.07) is 6.55. The van der Waals surface area contributed by atoms with Gasteiger partial charge in [0.2, 0.25) is 0 Å². The van der Waals surface area contributed by atoms with E-state index in [1.54, 1.807) is 24.3 Å². The van der Waals surface area contributed by atoms with Gasteiger partial charge in [0.1, 0.15) is 0 Å². The van der Waals surface area contributed by atoms with E-state index in [1.165, 1.54) is 0 Å². The predicted octanol–water partition coefficient (Wildman–Crippen LogP) is 3.76. The summed E-state index contributed by atoms with van der Waals surface area (Å²) in [5.41, 5.74) is 0.638. The smallest absolute Gasteiger partial charge is 0.389 e. The summed E-state index contributed by atoms with van der Waals surface area (Å²) >= 11 is 5.73. The molecule has 90 valence electrons. The van der Waals surface area contributed by atoms with E-state index in [0.29, 0.717) is 10.6 Å². The lowest BCUT2D eigenvalue weighted by atomic mass is 9.95. The van der Waals surface area contributed by atoms with Crippen LogP contribution in [0.4, 0.5) is 13.2 Å². The zero-order valence-corrected chi connectivity index (χ0v) is 9.22. The third-order valence-corrected chi connectivity index (χ3v) is 2.55. The molecule has 0 fully saturated rings. The van der Waals surface area contributed by atoms with E-state index >= 15 is 0 Å². The topological polar surface area (TPSA) is 20.2 Å². The Morgan fingerprint density at radius 2 is 2.00 bits per heavy atom. The van der Waals surface area contributed by atoms with Gasteiger partial charge in [-0.2, -0.15) is 13.2 Å². The van der Waals surface area contributed by atoms with Gasteiger partial charge in [0, 0.05) is 24.0 Å². The highest BCUT2D eigenvalue weighted by atomic mass is 35.5. The van der Waals surface area contributed by atoms with Gasteiger partial charge < -0.3 is 5.11 Å². The molecule has 1 unspecified atom stereocenters. The van der Waals surface area contributed by atoms with Crippen LogP contribution in [0.25, 0.3) is 0 Å². The second kappa shape index (κ2) is 5.55. The first-order valence-electron chi connectivity index (χ1n) is 4.85. The summed E-state index contributed by atoms with van der Waals surface area (Å²) in [5, 5.41) is 9.52. The highest BCUT2D eigenvalue weighted by Crippen LogP contribution is 2.29. The fourth-order valence-electron chi connectivity index (χ4n) is 1.46. The van der Waals surface area contributed by atoms with Crippen molar-refractivity contribution in [1.82, 2.24) is 0 Å². The van der Waals surface area contributed by atoms with Gasteiger partial charge in [-0.05, 0) is 24.1 Å². The molecule has 16 heavy (non-hydrogen) atoms. The molecule has 0 saturated heterocycles. The normalized spacial score (nSPS) is 13.8. The molecule has 1 nitrogen and oxygen atoms in total. The summed E-state index contributed by atoms with van der Waals surface area (Å²) in [4.78, 5) is 0. The van der Waals surface area contributed by atoms with Crippen LogP contribution in [0, 0.1) is 0 Å². The van der Waals surface area contributed by atoms with Gasteiger partial charge in [0.25, 0.3) is 0 Å². The third-order valence-electron chi connectivity index (χ3n) is 2.32. The second-order valence-corrected chi connectivity index (χ2v) is 4.02. The monoisotopic (exact) mass is 252 g/mol. The van der Waals surface area contributed by atoms with E-state index in [-0.39, 0.29) is 13.0 Å². The molecule has 0 radical (unpaired) electrons. The third kappa shape index (κ3) is 4.41. The number of rotatable bonds is 4. The average Bonchev–Trinajstić information content (AvgIpc) is 2.17. The first-order chi connectivity index (χ1) is 7.42. The number of alkyl halides is 3. The SMILES string of the molecule is OCC(CCC(F)(F)F)c1cccc(Cl)c1. The van der Waals surface area contributed by atoms with Crippen LogP contribution in [0.3, 0.4) is 0 Å². The summed E-state index contributed by atoms with van der Waals surface area (Å²) in [6.07, 6.45) is -5.21. The van der Waals surface area contributed by atoms with Crippen LogP contribution < -0.4 is 0 Å². The Balaban J connectivity index is 2.68. The van der Waals surface area contributed by atoms with Crippen molar-refractivity contribution in [3.63, 3.8) is 0 Å². The van der Waals surface area contributed by atoms with Gasteiger partial charge in [-0.15, -0.1) is 0 Å². The maximum absolute atomic E-state index is 12.0. The van der Waals surface area contributed by atoms with Gasteiger partial charge in [0.15, 0.2) is 0 Å². The minimum atomic E-state index is -4.19. The van der Waals surface area contributed by atoms with E-state index in [9.17, 15) is 13.2 Å². The molecule has 1 atom stereocenters. The number of hydrogen-bond donors (Lipinski definition) is 1. The molecule has 1 rings (SSSR count). The van der Waals surface area contributed by atoms with Crippen molar-refractivity contribution in [2.45, 2.75) is 24.9 Å². The molecule has 0 spiro atoms. The fourth-order valence-corrected chi connectivity index (χ4v) is 1.66. The van der Waals surface area contributed by atoms with Crippen LogP contribution in [0.15, 0.2) is 24.3 Å². The lowest BCUT2D eigenvalue weighted by Crippen LogP contribution is -2.12. The molecule has 0 heterocycles. The Bertz CT molecular complexity index is 338. The number of aliphatic hydroxyl groups is 1. The molecule has 5 heteroatoms. The second-order valence-electron chi connectivity index (χ2n) is 3.59. The molecule has 1 aromatic rings. The number of hydrogen-bond acceptors (Lipinski definition) is 1. The van der Waals surface area contributed by atoms with Crippen LogP contribution in [0.5, 0.6) is 0 Å². The van der Waals surface area contributed by atoms with Crippen LogP contribution in [-0.2, 0) is 0 Å². The van der Waals surface area contributed by atoms with Crippen molar-refractivity contribution in [3.05, 3.63) is 34.9 Å². The van der Waals surface area contributed by atoms with Crippen molar-refractivity contribution in [1.29, 1.82) is 0 Å². The van der Waals surface area contributed by atoms with Crippen LogP contribution in [0.1, 0.15) is 24.3 Å². The standard InChI is InChI=1S/C11H12ClF3O/c12-10-3-1-2-8(6-10)9(7-16)4-5-11(13,14)15/h1-3,6,9,16H,4-5,7H2. The highest BCUT2D eigenvalue weighted by molar-refractivity contribution is 6.30. The molecular weight excluding hydrogens is 241 g/mol. The molecular formula is C11H12ClF3O. The van der Waals surface area contributed by atoms with Crippen LogP contribution >= 0.6 is 11.6 Å². The van der Waals surface area contributed by atoms with Gasteiger partial charge in [-0.1, -0.05) is 23.7 Å². The maximum atomic E-state index is 12.0. The molecule has 0 aromatic heterocycles. The minimum Gasteiger partial charge on any atom is -0.396 e. The molecule has 0 amide bonds. The zero-order chi connectivity index (χ0) is 12.2. The summed E-state index contributed by atoms with van der Waals surface area (Å²) < 4.78 is 36.1. The quantitative estimate of drug-likeness (QED) is 0.865. The van der Waals surface area contributed by atoms with Crippen LogP contribution in [-0.4, -0.2) is 17.9 Å². The largest absolute Gasteiger partial charge is 0.396 e. The van der Waals surface area contributed by atoms with E-state index in [4.69, 9.17) is 16.7 Å². The highest BCUT2D eigenvalue weighted by Gasteiger charge is 2.28.